The van der Waals surface area contributed by atoms with Crippen LogP contribution in [0, 0.1) is 0 Å². The Morgan fingerprint density at radius 1 is 1.14 bits per heavy atom. The van der Waals surface area contributed by atoms with Gasteiger partial charge in [0.25, 0.3) is 0 Å². The highest BCUT2D eigenvalue weighted by Gasteiger charge is 2.34. The molecule has 1 unspecified atom stereocenters. The van der Waals surface area contributed by atoms with E-state index >= 15 is 0 Å². The number of methoxy groups -OCH3 is 2. The molecule has 152 valence electrons. The number of benzene rings is 2. The van der Waals surface area contributed by atoms with Crippen LogP contribution in [0.4, 0.5) is 4.79 Å². The molecular formula is C21H21BrN2O5. The number of urea groups is 1. The summed E-state index contributed by atoms with van der Waals surface area (Å²) in [4.78, 5) is 24.5. The lowest BCUT2D eigenvalue weighted by atomic mass is 9.94. The minimum atomic E-state index is -0.744. The Balaban J connectivity index is 2.01. The van der Waals surface area contributed by atoms with Gasteiger partial charge in [-0.3, -0.25) is 0 Å². The number of hydrogen-bond donors (Lipinski definition) is 2. The molecule has 0 radical (unpaired) electrons. The van der Waals surface area contributed by atoms with Gasteiger partial charge in [-0.15, -0.1) is 0 Å². The first-order chi connectivity index (χ1) is 13.9. The standard InChI is InChI=1S/C21H21BrN2O5/c1-12-17(20(25)28-3)18(24-21(26)23-12)15-5-4-6-16(27-2)19(15)29-11-13-7-9-14(22)10-8-13/h4-10,18H,11H2,1-3H3,(H2,23,24,26). The summed E-state index contributed by atoms with van der Waals surface area (Å²) in [7, 11) is 2.83. The number of rotatable bonds is 6. The Morgan fingerprint density at radius 3 is 2.52 bits per heavy atom. The van der Waals surface area contributed by atoms with Crippen molar-refractivity contribution in [2.45, 2.75) is 19.6 Å². The van der Waals surface area contributed by atoms with Crippen molar-refractivity contribution in [1.29, 1.82) is 0 Å². The summed E-state index contributed by atoms with van der Waals surface area (Å²) in [6.07, 6.45) is 0. The van der Waals surface area contributed by atoms with Gasteiger partial charge >= 0.3 is 12.0 Å². The van der Waals surface area contributed by atoms with Gasteiger partial charge in [0.1, 0.15) is 6.61 Å². The van der Waals surface area contributed by atoms with Gasteiger partial charge in [0, 0.05) is 15.7 Å². The van der Waals surface area contributed by atoms with E-state index in [0.29, 0.717) is 28.3 Å². The molecule has 2 N–H and O–H groups in total. The topological polar surface area (TPSA) is 85.9 Å². The van der Waals surface area contributed by atoms with E-state index in [4.69, 9.17) is 14.2 Å². The van der Waals surface area contributed by atoms with E-state index in [1.807, 2.05) is 24.3 Å². The fourth-order valence-corrected chi connectivity index (χ4v) is 3.38. The number of ether oxygens (including phenoxy) is 3. The summed E-state index contributed by atoms with van der Waals surface area (Å²) in [5, 5.41) is 5.38. The van der Waals surface area contributed by atoms with Crippen LogP contribution >= 0.6 is 15.9 Å². The number of amides is 2. The van der Waals surface area contributed by atoms with Crippen LogP contribution in [0.3, 0.4) is 0 Å². The molecule has 7 nitrogen and oxygen atoms in total. The largest absolute Gasteiger partial charge is 0.493 e. The zero-order valence-electron chi connectivity index (χ0n) is 16.2. The van der Waals surface area contributed by atoms with Crippen LogP contribution < -0.4 is 20.1 Å². The molecule has 0 saturated heterocycles. The van der Waals surface area contributed by atoms with Crippen molar-refractivity contribution in [2.75, 3.05) is 14.2 Å². The van der Waals surface area contributed by atoms with Crippen LogP contribution in [0.5, 0.6) is 11.5 Å². The molecule has 0 bridgehead atoms. The Morgan fingerprint density at radius 2 is 1.86 bits per heavy atom. The highest BCUT2D eigenvalue weighted by atomic mass is 79.9. The lowest BCUT2D eigenvalue weighted by Crippen LogP contribution is -2.45. The molecule has 1 heterocycles. The number of nitrogens with one attached hydrogen (secondary N) is 2. The molecule has 1 atom stereocenters. The van der Waals surface area contributed by atoms with Gasteiger partial charge in [-0.2, -0.15) is 0 Å². The van der Waals surface area contributed by atoms with E-state index < -0.39 is 18.0 Å². The zero-order chi connectivity index (χ0) is 21.0. The second-order valence-corrected chi connectivity index (χ2v) is 7.27. The number of para-hydroxylation sites is 1. The van der Waals surface area contributed by atoms with Crippen molar-refractivity contribution in [3.63, 3.8) is 0 Å². The number of hydrogen-bond acceptors (Lipinski definition) is 5. The lowest BCUT2D eigenvalue weighted by molar-refractivity contribution is -0.136. The number of esters is 1. The fourth-order valence-electron chi connectivity index (χ4n) is 3.12. The third-order valence-corrected chi connectivity index (χ3v) is 5.04. The maximum absolute atomic E-state index is 12.4. The van der Waals surface area contributed by atoms with Crippen LogP contribution in [0.15, 0.2) is 58.2 Å². The quantitative estimate of drug-likeness (QED) is 0.639. The Hall–Kier alpha value is -3.00. The Kier molecular flexibility index (Phi) is 6.43. The van der Waals surface area contributed by atoms with Gasteiger partial charge in [-0.1, -0.05) is 40.2 Å². The number of halogens is 1. The summed E-state index contributed by atoms with van der Waals surface area (Å²) in [5.74, 6) is 0.398. The first-order valence-electron chi connectivity index (χ1n) is 8.85. The average Bonchev–Trinajstić information content (AvgIpc) is 2.72. The van der Waals surface area contributed by atoms with Gasteiger partial charge < -0.3 is 24.8 Å². The lowest BCUT2D eigenvalue weighted by Gasteiger charge is -2.29. The minimum absolute atomic E-state index is 0.288. The molecule has 8 heteroatoms. The van der Waals surface area contributed by atoms with Gasteiger partial charge in [-0.05, 0) is 30.7 Å². The van der Waals surface area contributed by atoms with Crippen molar-refractivity contribution in [3.8, 4) is 11.5 Å². The molecule has 0 fully saturated rings. The maximum atomic E-state index is 12.4. The summed E-state index contributed by atoms with van der Waals surface area (Å²) in [6.45, 7) is 1.94. The van der Waals surface area contributed by atoms with Crippen molar-refractivity contribution in [2.24, 2.45) is 0 Å². The second-order valence-electron chi connectivity index (χ2n) is 6.36. The predicted octanol–water partition coefficient (Wildman–Crippen LogP) is 3.84. The molecule has 29 heavy (non-hydrogen) atoms. The van der Waals surface area contributed by atoms with Crippen molar-refractivity contribution < 1.29 is 23.8 Å². The molecule has 0 aliphatic carbocycles. The maximum Gasteiger partial charge on any atom is 0.337 e. The average molecular weight is 461 g/mol. The smallest absolute Gasteiger partial charge is 0.337 e. The summed E-state index contributed by atoms with van der Waals surface area (Å²) in [5.41, 5.74) is 2.27. The normalized spacial score (nSPS) is 16.0. The summed E-state index contributed by atoms with van der Waals surface area (Å²) in [6, 6.07) is 11.9. The van der Waals surface area contributed by atoms with Gasteiger partial charge in [0.15, 0.2) is 11.5 Å². The fraction of sp³-hybridized carbons (Fsp3) is 0.238. The first kappa shape index (κ1) is 20.7. The molecular weight excluding hydrogens is 440 g/mol. The Bertz CT molecular complexity index is 956. The van der Waals surface area contributed by atoms with Crippen LogP contribution in [-0.2, 0) is 16.1 Å². The third kappa shape index (κ3) is 4.54. The van der Waals surface area contributed by atoms with Gasteiger partial charge in [-0.25, -0.2) is 9.59 Å². The van der Waals surface area contributed by atoms with Gasteiger partial charge in [0.2, 0.25) is 0 Å². The molecule has 3 rings (SSSR count). The molecule has 2 aromatic carbocycles. The van der Waals surface area contributed by atoms with Crippen LogP contribution in [-0.4, -0.2) is 26.2 Å². The van der Waals surface area contributed by atoms with Crippen molar-refractivity contribution >= 4 is 27.9 Å². The molecule has 0 saturated carbocycles. The monoisotopic (exact) mass is 460 g/mol. The molecule has 1 aliphatic heterocycles. The van der Waals surface area contributed by atoms with E-state index in [-0.39, 0.29) is 6.61 Å². The summed E-state index contributed by atoms with van der Waals surface area (Å²) < 4.78 is 17.4. The molecule has 2 aromatic rings. The number of allylic oxidation sites excluding steroid dienone is 1. The van der Waals surface area contributed by atoms with E-state index in [1.165, 1.54) is 14.2 Å². The number of carbonyl (C=O) groups is 2. The predicted molar refractivity (Wildman–Crippen MR) is 111 cm³/mol. The summed E-state index contributed by atoms with van der Waals surface area (Å²) >= 11 is 3.41. The minimum Gasteiger partial charge on any atom is -0.493 e. The SMILES string of the molecule is COC(=O)C1=C(C)NC(=O)NC1c1cccc(OC)c1OCc1ccc(Br)cc1. The van der Waals surface area contributed by atoms with E-state index in [1.54, 1.807) is 25.1 Å². The van der Waals surface area contributed by atoms with Crippen LogP contribution in [0.1, 0.15) is 24.1 Å². The molecule has 1 aliphatic rings. The molecule has 2 amide bonds. The van der Waals surface area contributed by atoms with E-state index in [0.717, 1.165) is 10.0 Å². The number of carbonyl (C=O) groups excluding carboxylic acids is 2. The Labute approximate surface area is 177 Å². The van der Waals surface area contributed by atoms with E-state index in [2.05, 4.69) is 26.6 Å². The van der Waals surface area contributed by atoms with E-state index in [9.17, 15) is 9.59 Å². The van der Waals surface area contributed by atoms with Gasteiger partial charge in [0.05, 0.1) is 25.8 Å². The van der Waals surface area contributed by atoms with Crippen molar-refractivity contribution in [1.82, 2.24) is 10.6 Å². The molecule has 0 aromatic heterocycles. The highest BCUT2D eigenvalue weighted by Crippen LogP contribution is 2.39. The molecule has 0 spiro atoms. The van der Waals surface area contributed by atoms with Crippen molar-refractivity contribution in [3.05, 3.63) is 69.3 Å². The van der Waals surface area contributed by atoms with Crippen LogP contribution in [0.25, 0.3) is 0 Å². The third-order valence-electron chi connectivity index (χ3n) is 4.51. The second kappa shape index (κ2) is 9.00. The van der Waals surface area contributed by atoms with Crippen LogP contribution in [0.2, 0.25) is 0 Å². The highest BCUT2D eigenvalue weighted by molar-refractivity contribution is 9.10. The zero-order valence-corrected chi connectivity index (χ0v) is 17.8. The first-order valence-corrected chi connectivity index (χ1v) is 9.64.